The van der Waals surface area contributed by atoms with Crippen molar-refractivity contribution in [2.45, 2.75) is 40.2 Å². The Labute approximate surface area is 176 Å². The van der Waals surface area contributed by atoms with Gasteiger partial charge in [-0.15, -0.1) is 11.3 Å². The molecular weight excluding hydrogens is 416 g/mol. The van der Waals surface area contributed by atoms with Crippen LogP contribution in [0.2, 0.25) is 0 Å². The summed E-state index contributed by atoms with van der Waals surface area (Å²) < 4.78 is 11.1. The number of rotatable bonds is 8. The average molecular weight is 438 g/mol. The zero-order valence-electron chi connectivity index (χ0n) is 17.2. The summed E-state index contributed by atoms with van der Waals surface area (Å²) in [5, 5.41) is 17.8. The Bertz CT molecular complexity index is 995. The monoisotopic (exact) mass is 438 g/mol. The number of anilines is 1. The van der Waals surface area contributed by atoms with Crippen LogP contribution in [0.4, 0.5) is 10.7 Å². The van der Waals surface area contributed by atoms with Gasteiger partial charge in [0.2, 0.25) is 5.91 Å². The van der Waals surface area contributed by atoms with E-state index in [0.717, 1.165) is 17.5 Å². The molecule has 2 heterocycles. The van der Waals surface area contributed by atoms with Crippen LogP contribution in [0.3, 0.4) is 0 Å². The topological polar surface area (TPSA) is 143 Å². The summed E-state index contributed by atoms with van der Waals surface area (Å²) in [4.78, 5) is 47.9. The molecule has 0 aliphatic rings. The minimum atomic E-state index is -0.916. The second kappa shape index (κ2) is 9.48. The summed E-state index contributed by atoms with van der Waals surface area (Å²) in [6, 6.07) is -0.916. The summed E-state index contributed by atoms with van der Waals surface area (Å²) in [6.07, 6.45) is 1.77. The van der Waals surface area contributed by atoms with Gasteiger partial charge in [0.05, 0.1) is 24.2 Å². The number of esters is 2. The van der Waals surface area contributed by atoms with Crippen LogP contribution in [0.25, 0.3) is 0 Å². The van der Waals surface area contributed by atoms with E-state index in [2.05, 4.69) is 10.4 Å². The first-order valence-corrected chi connectivity index (χ1v) is 9.83. The Hall–Kier alpha value is -3.28. The third kappa shape index (κ3) is 4.64. The fourth-order valence-corrected chi connectivity index (χ4v) is 3.70. The second-order valence-electron chi connectivity index (χ2n) is 6.39. The van der Waals surface area contributed by atoms with E-state index in [9.17, 15) is 24.5 Å². The number of aromatic nitrogens is 2. The van der Waals surface area contributed by atoms with Crippen LogP contribution in [-0.4, -0.2) is 46.3 Å². The number of ether oxygens (including phenoxy) is 2. The number of aryl methyl sites for hydroxylation is 1. The van der Waals surface area contributed by atoms with Gasteiger partial charge in [-0.2, -0.15) is 5.10 Å². The van der Waals surface area contributed by atoms with Crippen LogP contribution in [-0.2, 0) is 14.3 Å². The van der Waals surface area contributed by atoms with E-state index in [1.54, 1.807) is 6.92 Å². The van der Waals surface area contributed by atoms with Crippen molar-refractivity contribution >= 4 is 39.9 Å². The molecule has 1 N–H and O–H groups in total. The molecule has 1 amide bonds. The van der Waals surface area contributed by atoms with Gasteiger partial charge >= 0.3 is 17.6 Å². The van der Waals surface area contributed by atoms with Crippen molar-refractivity contribution in [3.63, 3.8) is 0 Å². The molecule has 2 aromatic rings. The van der Waals surface area contributed by atoms with E-state index in [0.29, 0.717) is 12.0 Å². The van der Waals surface area contributed by atoms with Crippen LogP contribution >= 0.6 is 11.3 Å². The lowest BCUT2D eigenvalue weighted by molar-refractivity contribution is -0.385. The zero-order chi connectivity index (χ0) is 22.6. The molecule has 0 bridgehead atoms. The lowest BCUT2D eigenvalue weighted by atomic mass is 10.1. The molecule has 0 saturated heterocycles. The number of methoxy groups -OCH3 is 1. The Morgan fingerprint density at radius 1 is 1.33 bits per heavy atom. The van der Waals surface area contributed by atoms with E-state index in [4.69, 9.17) is 9.47 Å². The summed E-state index contributed by atoms with van der Waals surface area (Å²) in [5.41, 5.74) is 0.361. The number of nitro groups is 1. The molecule has 0 aliphatic heterocycles. The highest BCUT2D eigenvalue weighted by Crippen LogP contribution is 2.35. The van der Waals surface area contributed by atoms with Gasteiger partial charge in [0.15, 0.2) is 0 Å². The molecule has 0 spiro atoms. The van der Waals surface area contributed by atoms with Crippen molar-refractivity contribution in [1.29, 1.82) is 0 Å². The van der Waals surface area contributed by atoms with Gasteiger partial charge in [-0.25, -0.2) is 9.59 Å². The van der Waals surface area contributed by atoms with Gasteiger partial charge in [-0.3, -0.25) is 19.6 Å². The maximum Gasteiger partial charge on any atom is 0.348 e. The van der Waals surface area contributed by atoms with Gasteiger partial charge in [-0.1, -0.05) is 6.92 Å². The largest absolute Gasteiger partial charge is 0.465 e. The summed E-state index contributed by atoms with van der Waals surface area (Å²) in [6.45, 7) is 6.55. The van der Waals surface area contributed by atoms with E-state index in [-0.39, 0.29) is 33.4 Å². The first-order valence-electron chi connectivity index (χ1n) is 9.02. The number of hydrogen-bond donors (Lipinski definition) is 1. The Kier molecular flexibility index (Phi) is 7.27. The number of thiophene rings is 1. The minimum absolute atomic E-state index is 0.0667. The van der Waals surface area contributed by atoms with Crippen LogP contribution in [0.1, 0.15) is 57.6 Å². The van der Waals surface area contributed by atoms with Gasteiger partial charge in [0, 0.05) is 0 Å². The molecule has 2 aromatic heterocycles. The van der Waals surface area contributed by atoms with E-state index in [1.165, 1.54) is 25.6 Å². The molecule has 1 unspecified atom stereocenters. The number of nitrogens with one attached hydrogen (secondary N) is 1. The van der Waals surface area contributed by atoms with E-state index in [1.807, 2.05) is 6.92 Å². The van der Waals surface area contributed by atoms with Crippen molar-refractivity contribution < 1.29 is 28.8 Å². The fourth-order valence-electron chi connectivity index (χ4n) is 2.59. The molecule has 0 aromatic carbocycles. The lowest BCUT2D eigenvalue weighted by Gasteiger charge is -2.12. The maximum atomic E-state index is 12.7. The quantitative estimate of drug-likeness (QED) is 0.376. The van der Waals surface area contributed by atoms with Crippen molar-refractivity contribution in [1.82, 2.24) is 9.78 Å². The van der Waals surface area contributed by atoms with E-state index >= 15 is 0 Å². The first-order chi connectivity index (χ1) is 14.1. The first kappa shape index (κ1) is 23.0. The molecule has 0 saturated carbocycles. The normalized spacial score (nSPS) is 11.6. The highest BCUT2D eigenvalue weighted by molar-refractivity contribution is 7.18. The average Bonchev–Trinajstić information content (AvgIpc) is 3.25. The predicted molar refractivity (Wildman–Crippen MR) is 108 cm³/mol. The fraction of sp³-hybridized carbons (Fsp3) is 0.444. The highest BCUT2D eigenvalue weighted by atomic mass is 32.1. The predicted octanol–water partition coefficient (Wildman–Crippen LogP) is 3.02. The van der Waals surface area contributed by atoms with Crippen LogP contribution in [0.5, 0.6) is 0 Å². The maximum absolute atomic E-state index is 12.7. The number of carbonyl (C=O) groups is 3. The molecular formula is C18H22N4O7S. The van der Waals surface area contributed by atoms with Gasteiger partial charge in [0.1, 0.15) is 27.8 Å². The van der Waals surface area contributed by atoms with Gasteiger partial charge in [-0.05, 0) is 32.8 Å². The van der Waals surface area contributed by atoms with Crippen molar-refractivity contribution in [2.24, 2.45) is 0 Å². The summed E-state index contributed by atoms with van der Waals surface area (Å²) in [7, 11) is 1.21. The summed E-state index contributed by atoms with van der Waals surface area (Å²) in [5.74, 6) is -1.89. The molecule has 0 radical (unpaired) electrons. The zero-order valence-corrected chi connectivity index (χ0v) is 18.0. The molecule has 0 aliphatic carbocycles. The van der Waals surface area contributed by atoms with Crippen molar-refractivity contribution in [3.8, 4) is 0 Å². The third-order valence-corrected chi connectivity index (χ3v) is 5.45. The smallest absolute Gasteiger partial charge is 0.348 e. The number of amides is 1. The molecule has 2 rings (SSSR count). The molecule has 12 heteroatoms. The van der Waals surface area contributed by atoms with Gasteiger partial charge in [0.25, 0.3) is 0 Å². The Morgan fingerprint density at radius 3 is 2.53 bits per heavy atom. The Balaban J connectivity index is 2.36. The van der Waals surface area contributed by atoms with Crippen molar-refractivity contribution in [3.05, 3.63) is 38.0 Å². The Morgan fingerprint density at radius 2 is 2.00 bits per heavy atom. The minimum Gasteiger partial charge on any atom is -0.465 e. The molecule has 11 nitrogen and oxygen atoms in total. The van der Waals surface area contributed by atoms with Crippen LogP contribution < -0.4 is 5.32 Å². The van der Waals surface area contributed by atoms with Crippen LogP contribution in [0, 0.1) is 24.0 Å². The second-order valence-corrected chi connectivity index (χ2v) is 7.41. The lowest BCUT2D eigenvalue weighted by Crippen LogP contribution is -2.24. The molecule has 0 fully saturated rings. The standard InChI is InChI=1S/C18H22N4O7S/c1-6-7-29-17(24)13-9(2)14(18(25)28-5)30-16(13)19-15(23)11(4)21-8-12(22(26)27)10(3)20-21/h8,11H,6-7H2,1-5H3,(H,19,23). The number of carbonyl (C=O) groups excluding carboxylic acids is 3. The third-order valence-electron chi connectivity index (χ3n) is 4.26. The molecule has 162 valence electrons. The molecule has 1 atom stereocenters. The summed E-state index contributed by atoms with van der Waals surface area (Å²) >= 11 is 0.890. The SMILES string of the molecule is CCCOC(=O)c1c(NC(=O)C(C)n2cc([N+](=O)[O-])c(C)n2)sc(C(=O)OC)c1C. The molecule has 30 heavy (non-hydrogen) atoms. The highest BCUT2D eigenvalue weighted by Gasteiger charge is 2.29. The van der Waals surface area contributed by atoms with Crippen molar-refractivity contribution in [2.75, 3.05) is 19.0 Å². The van der Waals surface area contributed by atoms with E-state index < -0.39 is 28.8 Å². The van der Waals surface area contributed by atoms with Gasteiger partial charge < -0.3 is 14.8 Å². The van der Waals surface area contributed by atoms with Crippen LogP contribution in [0.15, 0.2) is 6.20 Å². The number of nitrogens with zero attached hydrogens (tertiary/aromatic N) is 3. The number of hydrogen-bond acceptors (Lipinski definition) is 9.